The third-order valence-electron chi connectivity index (χ3n) is 2.03. The van der Waals surface area contributed by atoms with Crippen LogP contribution in [0.15, 0.2) is 24.3 Å². The summed E-state index contributed by atoms with van der Waals surface area (Å²) in [6, 6.07) is 4.65. The molecule has 0 atom stereocenters. The van der Waals surface area contributed by atoms with Crippen molar-refractivity contribution >= 4 is 11.6 Å². The summed E-state index contributed by atoms with van der Waals surface area (Å²) < 4.78 is 37.0. The zero-order valence-electron chi connectivity index (χ0n) is 8.30. The van der Waals surface area contributed by atoms with E-state index in [2.05, 4.69) is 0 Å². The van der Waals surface area contributed by atoms with Crippen molar-refractivity contribution in [3.63, 3.8) is 0 Å². The van der Waals surface area contributed by atoms with Gasteiger partial charge in [0.1, 0.15) is 0 Å². The van der Waals surface area contributed by atoms with E-state index in [1.807, 2.05) is 0 Å². The van der Waals surface area contributed by atoms with E-state index in [-0.39, 0.29) is 11.6 Å². The molecule has 0 spiro atoms. The highest BCUT2D eigenvalue weighted by atomic mass is 19.4. The number of nitrogens with zero attached hydrogens (tertiary/aromatic N) is 1. The molecule has 0 saturated heterocycles. The summed E-state index contributed by atoms with van der Waals surface area (Å²) in [7, 11) is 1.43. The summed E-state index contributed by atoms with van der Waals surface area (Å²) in [4.78, 5) is 12.1. The molecule has 2 nitrogen and oxygen atoms in total. The maximum atomic E-state index is 12.3. The number of anilines is 1. The third kappa shape index (κ3) is 2.71. The van der Waals surface area contributed by atoms with Gasteiger partial charge in [0.25, 0.3) is 0 Å². The molecule has 0 aliphatic heterocycles. The minimum absolute atomic E-state index is 0.234. The number of carbonyl (C=O) groups excluding carboxylic acids is 1. The monoisotopic (exact) mass is 217 g/mol. The summed E-state index contributed by atoms with van der Waals surface area (Å²) in [5.41, 5.74) is -0.523. The van der Waals surface area contributed by atoms with E-state index in [1.54, 1.807) is 0 Å². The number of hydrogen-bond donors (Lipinski definition) is 0. The Kier molecular flexibility index (Phi) is 3.02. The lowest BCUT2D eigenvalue weighted by molar-refractivity contribution is -0.137. The Morgan fingerprint density at radius 2 is 1.93 bits per heavy atom. The average molecular weight is 217 g/mol. The van der Waals surface area contributed by atoms with Crippen molar-refractivity contribution in [3.8, 4) is 0 Å². The normalized spacial score (nSPS) is 11.3. The van der Waals surface area contributed by atoms with Gasteiger partial charge in [-0.2, -0.15) is 13.2 Å². The first-order valence-corrected chi connectivity index (χ1v) is 4.24. The first-order valence-electron chi connectivity index (χ1n) is 4.24. The molecule has 0 aliphatic rings. The maximum absolute atomic E-state index is 12.3. The van der Waals surface area contributed by atoms with Gasteiger partial charge in [-0.15, -0.1) is 0 Å². The molecule has 0 N–H and O–H groups in total. The van der Waals surface area contributed by atoms with Gasteiger partial charge in [-0.05, 0) is 18.2 Å². The SMILES string of the molecule is CC(=O)N(C)c1cccc(C(F)(F)F)c1. The van der Waals surface area contributed by atoms with E-state index in [0.717, 1.165) is 17.0 Å². The van der Waals surface area contributed by atoms with Crippen LogP contribution >= 0.6 is 0 Å². The lowest BCUT2D eigenvalue weighted by Crippen LogP contribution is -2.23. The number of alkyl halides is 3. The summed E-state index contributed by atoms with van der Waals surface area (Å²) in [5.74, 6) is -0.311. The second-order valence-electron chi connectivity index (χ2n) is 3.13. The number of benzene rings is 1. The smallest absolute Gasteiger partial charge is 0.316 e. The summed E-state index contributed by atoms with van der Waals surface area (Å²) in [6.07, 6.45) is -4.38. The van der Waals surface area contributed by atoms with Crippen LogP contribution in [0.5, 0.6) is 0 Å². The van der Waals surface area contributed by atoms with Gasteiger partial charge < -0.3 is 4.90 Å². The fourth-order valence-electron chi connectivity index (χ4n) is 1.07. The molecule has 82 valence electrons. The molecule has 1 aromatic rings. The third-order valence-corrected chi connectivity index (χ3v) is 2.03. The molecular formula is C10H10F3NO. The van der Waals surface area contributed by atoms with E-state index in [0.29, 0.717) is 0 Å². The number of carbonyl (C=O) groups is 1. The van der Waals surface area contributed by atoms with Gasteiger partial charge in [-0.1, -0.05) is 6.07 Å². The van der Waals surface area contributed by atoms with Crippen molar-refractivity contribution in [3.05, 3.63) is 29.8 Å². The molecule has 15 heavy (non-hydrogen) atoms. The highest BCUT2D eigenvalue weighted by Gasteiger charge is 2.30. The number of hydrogen-bond acceptors (Lipinski definition) is 1. The van der Waals surface area contributed by atoms with Crippen molar-refractivity contribution in [1.29, 1.82) is 0 Å². The van der Waals surface area contributed by atoms with Gasteiger partial charge in [-0.25, -0.2) is 0 Å². The lowest BCUT2D eigenvalue weighted by Gasteiger charge is -2.16. The van der Waals surface area contributed by atoms with Crippen molar-refractivity contribution in [2.45, 2.75) is 13.1 Å². The molecule has 0 bridgehead atoms. The Labute approximate surface area is 85.3 Å². The molecule has 0 radical (unpaired) electrons. The highest BCUT2D eigenvalue weighted by Crippen LogP contribution is 2.31. The topological polar surface area (TPSA) is 20.3 Å². The number of amides is 1. The first kappa shape index (κ1) is 11.6. The van der Waals surface area contributed by atoms with Gasteiger partial charge in [0.2, 0.25) is 5.91 Å². The molecular weight excluding hydrogens is 207 g/mol. The van der Waals surface area contributed by atoms with Crippen LogP contribution in [0.25, 0.3) is 0 Å². The summed E-state index contributed by atoms with van der Waals surface area (Å²) in [5, 5.41) is 0. The molecule has 1 rings (SSSR count). The number of rotatable bonds is 1. The van der Waals surface area contributed by atoms with Gasteiger partial charge >= 0.3 is 6.18 Å². The minimum Gasteiger partial charge on any atom is -0.316 e. The first-order chi connectivity index (χ1) is 6.82. The van der Waals surface area contributed by atoms with Crippen molar-refractivity contribution in [2.24, 2.45) is 0 Å². The molecule has 0 fully saturated rings. The fraction of sp³-hybridized carbons (Fsp3) is 0.300. The molecule has 1 amide bonds. The predicted octanol–water partition coefficient (Wildman–Crippen LogP) is 2.69. The quantitative estimate of drug-likeness (QED) is 0.708. The minimum atomic E-state index is -4.38. The second kappa shape index (κ2) is 3.92. The van der Waals surface area contributed by atoms with E-state index in [1.165, 1.54) is 26.1 Å². The van der Waals surface area contributed by atoms with Gasteiger partial charge in [0, 0.05) is 19.7 Å². The van der Waals surface area contributed by atoms with Crippen LogP contribution in [0.2, 0.25) is 0 Å². The van der Waals surface area contributed by atoms with E-state index < -0.39 is 11.7 Å². The van der Waals surface area contributed by atoms with Crippen LogP contribution in [-0.2, 0) is 11.0 Å². The van der Waals surface area contributed by atoms with Crippen LogP contribution in [0.1, 0.15) is 12.5 Å². The highest BCUT2D eigenvalue weighted by molar-refractivity contribution is 5.90. The largest absolute Gasteiger partial charge is 0.416 e. The molecule has 0 unspecified atom stereocenters. The second-order valence-corrected chi connectivity index (χ2v) is 3.13. The Balaban J connectivity index is 3.08. The van der Waals surface area contributed by atoms with Crippen LogP contribution in [0, 0.1) is 0 Å². The Hall–Kier alpha value is -1.52. The van der Waals surface area contributed by atoms with E-state index >= 15 is 0 Å². The van der Waals surface area contributed by atoms with Gasteiger partial charge in [0.15, 0.2) is 0 Å². The summed E-state index contributed by atoms with van der Waals surface area (Å²) >= 11 is 0. The van der Waals surface area contributed by atoms with Crippen molar-refractivity contribution < 1.29 is 18.0 Å². The number of halogens is 3. The molecule has 0 aliphatic carbocycles. The van der Waals surface area contributed by atoms with Gasteiger partial charge in [-0.3, -0.25) is 4.79 Å². The molecule has 0 heterocycles. The van der Waals surface area contributed by atoms with E-state index in [9.17, 15) is 18.0 Å². The molecule has 1 aromatic carbocycles. The van der Waals surface area contributed by atoms with Crippen LogP contribution in [0.3, 0.4) is 0 Å². The predicted molar refractivity (Wildman–Crippen MR) is 50.5 cm³/mol. The van der Waals surface area contributed by atoms with Crippen molar-refractivity contribution in [2.75, 3.05) is 11.9 Å². The zero-order chi connectivity index (χ0) is 11.6. The summed E-state index contributed by atoms with van der Waals surface area (Å²) in [6.45, 7) is 1.29. The Morgan fingerprint density at radius 1 is 1.33 bits per heavy atom. The lowest BCUT2D eigenvalue weighted by atomic mass is 10.2. The van der Waals surface area contributed by atoms with Crippen LogP contribution < -0.4 is 4.90 Å². The van der Waals surface area contributed by atoms with Crippen molar-refractivity contribution in [1.82, 2.24) is 0 Å². The Morgan fingerprint density at radius 3 is 2.40 bits per heavy atom. The molecule has 0 aromatic heterocycles. The van der Waals surface area contributed by atoms with E-state index in [4.69, 9.17) is 0 Å². The fourth-order valence-corrected chi connectivity index (χ4v) is 1.07. The Bertz CT molecular complexity index is 373. The zero-order valence-corrected chi connectivity index (χ0v) is 8.30. The van der Waals surface area contributed by atoms with Crippen LogP contribution in [0.4, 0.5) is 18.9 Å². The molecule has 5 heteroatoms. The van der Waals surface area contributed by atoms with Crippen LogP contribution in [-0.4, -0.2) is 13.0 Å². The maximum Gasteiger partial charge on any atom is 0.416 e. The standard InChI is InChI=1S/C10H10F3NO/c1-7(15)14(2)9-5-3-4-8(6-9)10(11,12)13/h3-6H,1-2H3. The average Bonchev–Trinajstić information content (AvgIpc) is 2.15. The molecule has 0 saturated carbocycles. The van der Waals surface area contributed by atoms with Gasteiger partial charge in [0.05, 0.1) is 5.56 Å².